The van der Waals surface area contributed by atoms with Gasteiger partial charge < -0.3 is 24.2 Å². The number of carbonyl (C=O) groups excluding carboxylic acids is 1. The molecular formula is C26H28FN3O4. The number of aliphatic hydroxyl groups is 1. The van der Waals surface area contributed by atoms with Crippen LogP contribution in [0.25, 0.3) is 11.0 Å². The van der Waals surface area contributed by atoms with Crippen LogP contribution in [0, 0.1) is 5.82 Å². The van der Waals surface area contributed by atoms with Crippen molar-refractivity contribution in [1.82, 2.24) is 10.1 Å². The molecule has 1 N–H and O–H groups in total. The number of rotatable bonds is 6. The molecule has 0 saturated carbocycles. The molecule has 0 radical (unpaired) electrons. The highest BCUT2D eigenvalue weighted by Crippen LogP contribution is 2.39. The molecule has 3 aliphatic rings. The van der Waals surface area contributed by atoms with Crippen LogP contribution < -0.4 is 9.64 Å². The minimum Gasteiger partial charge on any atom is -0.491 e. The van der Waals surface area contributed by atoms with Gasteiger partial charge in [-0.15, -0.1) is 0 Å². The van der Waals surface area contributed by atoms with Gasteiger partial charge in [-0.2, -0.15) is 0 Å². The number of aliphatic hydroxyl groups excluding tert-OH is 1. The summed E-state index contributed by atoms with van der Waals surface area (Å²) < 4.78 is 24.7. The zero-order chi connectivity index (χ0) is 23.2. The molecule has 1 fully saturated rings. The molecule has 2 aromatic carbocycles. The Morgan fingerprint density at radius 2 is 1.91 bits per heavy atom. The molecule has 0 bridgehead atoms. The van der Waals surface area contributed by atoms with Gasteiger partial charge in [-0.3, -0.25) is 4.79 Å². The average Bonchev–Trinajstić information content (AvgIpc) is 3.46. The quantitative estimate of drug-likeness (QED) is 0.601. The second kappa shape index (κ2) is 8.67. The molecule has 6 rings (SSSR count). The van der Waals surface area contributed by atoms with Crippen molar-refractivity contribution in [3.05, 3.63) is 53.0 Å². The number of nitrogens with zero attached hydrogens (tertiary/aromatic N) is 3. The van der Waals surface area contributed by atoms with Crippen LogP contribution in [-0.4, -0.2) is 60.0 Å². The van der Waals surface area contributed by atoms with Crippen LogP contribution in [0.15, 0.2) is 34.9 Å². The number of β-amino-alcohol motifs (C(OH)–C–C–N with tert-alkyl or cyclic N) is 1. The third-order valence-electron chi connectivity index (χ3n) is 7.37. The van der Waals surface area contributed by atoms with Crippen molar-refractivity contribution in [2.75, 3.05) is 37.7 Å². The highest BCUT2D eigenvalue weighted by Gasteiger charge is 2.32. The van der Waals surface area contributed by atoms with Crippen LogP contribution in [0.1, 0.15) is 42.0 Å². The van der Waals surface area contributed by atoms with Crippen molar-refractivity contribution in [2.45, 2.75) is 44.1 Å². The molecule has 1 unspecified atom stereocenters. The lowest BCUT2D eigenvalue weighted by molar-refractivity contribution is -0.118. The summed E-state index contributed by atoms with van der Waals surface area (Å²) in [6.45, 7) is 3.25. The number of carbonyl (C=O) groups is 1. The van der Waals surface area contributed by atoms with E-state index in [4.69, 9.17) is 9.26 Å². The van der Waals surface area contributed by atoms with Crippen LogP contribution >= 0.6 is 0 Å². The Hall–Kier alpha value is -2.97. The predicted molar refractivity (Wildman–Crippen MR) is 125 cm³/mol. The fourth-order valence-corrected chi connectivity index (χ4v) is 5.67. The number of fused-ring (bicyclic) bond motifs is 1. The summed E-state index contributed by atoms with van der Waals surface area (Å²) in [7, 11) is 0. The van der Waals surface area contributed by atoms with Crippen LogP contribution in [0.2, 0.25) is 0 Å². The summed E-state index contributed by atoms with van der Waals surface area (Å²) in [5, 5.41) is 15.7. The van der Waals surface area contributed by atoms with Crippen molar-refractivity contribution in [2.24, 2.45) is 0 Å². The molecule has 0 aliphatic carbocycles. The second-order valence-electron chi connectivity index (χ2n) is 9.63. The van der Waals surface area contributed by atoms with Crippen molar-refractivity contribution >= 4 is 22.6 Å². The Kier molecular flexibility index (Phi) is 5.50. The van der Waals surface area contributed by atoms with Crippen LogP contribution in [-0.2, 0) is 17.6 Å². The molecule has 0 spiro atoms. The Morgan fingerprint density at radius 3 is 2.74 bits per heavy atom. The van der Waals surface area contributed by atoms with Gasteiger partial charge in [-0.25, -0.2) is 4.39 Å². The standard InChI is InChI=1S/C26H28FN3O4/c27-19-2-3-22-23(13-19)34-28-25(22)16-5-8-29(9-6-16)14-20(31)15-33-21-11-17-1-4-24(32)30-10-7-18(12-21)26(17)30/h2-3,11-13,16,20,31H,1,4-10,14-15H2. The molecule has 1 saturated heterocycles. The van der Waals surface area contributed by atoms with E-state index < -0.39 is 6.10 Å². The van der Waals surface area contributed by atoms with Gasteiger partial charge in [0.2, 0.25) is 5.91 Å². The number of aromatic nitrogens is 1. The lowest BCUT2D eigenvalue weighted by atomic mass is 9.91. The fourth-order valence-electron chi connectivity index (χ4n) is 5.67. The van der Waals surface area contributed by atoms with Gasteiger partial charge in [0.05, 0.1) is 11.4 Å². The molecular weight excluding hydrogens is 437 g/mol. The Labute approximate surface area is 197 Å². The predicted octanol–water partition coefficient (Wildman–Crippen LogP) is 3.42. The van der Waals surface area contributed by atoms with E-state index in [9.17, 15) is 14.3 Å². The molecule has 4 heterocycles. The third-order valence-corrected chi connectivity index (χ3v) is 7.37. The molecule has 1 aromatic heterocycles. The van der Waals surface area contributed by atoms with Gasteiger partial charge in [0, 0.05) is 36.9 Å². The molecule has 3 aliphatic heterocycles. The number of hydrogen-bond acceptors (Lipinski definition) is 6. The van der Waals surface area contributed by atoms with Gasteiger partial charge in [-0.1, -0.05) is 5.16 Å². The molecule has 1 amide bonds. The molecule has 3 aromatic rings. The van der Waals surface area contributed by atoms with E-state index in [1.165, 1.54) is 23.3 Å². The van der Waals surface area contributed by atoms with E-state index in [-0.39, 0.29) is 24.2 Å². The van der Waals surface area contributed by atoms with Crippen molar-refractivity contribution < 1.29 is 23.6 Å². The first-order chi connectivity index (χ1) is 16.5. The average molecular weight is 466 g/mol. The minimum atomic E-state index is -0.588. The number of ether oxygens (including phenoxy) is 1. The first-order valence-corrected chi connectivity index (χ1v) is 12.1. The van der Waals surface area contributed by atoms with E-state index in [0.29, 0.717) is 18.5 Å². The van der Waals surface area contributed by atoms with E-state index in [1.807, 2.05) is 17.0 Å². The number of piperidine rings is 1. The highest BCUT2D eigenvalue weighted by atomic mass is 19.1. The van der Waals surface area contributed by atoms with Crippen molar-refractivity contribution in [3.63, 3.8) is 0 Å². The highest BCUT2D eigenvalue weighted by molar-refractivity contribution is 5.98. The zero-order valence-electron chi connectivity index (χ0n) is 19.0. The maximum Gasteiger partial charge on any atom is 0.227 e. The SMILES string of the molecule is O=C1CCc2cc(OCC(O)CN3CCC(c4noc5cc(F)ccc45)CC3)cc3c2N1CC3. The first-order valence-electron chi connectivity index (χ1n) is 12.1. The summed E-state index contributed by atoms with van der Waals surface area (Å²) in [5.74, 6) is 0.936. The lowest BCUT2D eigenvalue weighted by Crippen LogP contribution is -2.40. The summed E-state index contributed by atoms with van der Waals surface area (Å²) in [5.41, 5.74) is 4.81. The number of hydrogen-bond donors (Lipinski definition) is 1. The van der Waals surface area contributed by atoms with Crippen molar-refractivity contribution in [1.29, 1.82) is 0 Å². The molecule has 7 nitrogen and oxygen atoms in total. The van der Waals surface area contributed by atoms with Crippen LogP contribution in [0.4, 0.5) is 10.1 Å². The zero-order valence-corrected chi connectivity index (χ0v) is 19.0. The molecule has 34 heavy (non-hydrogen) atoms. The topological polar surface area (TPSA) is 79.0 Å². The number of likely N-dealkylation sites (tertiary alicyclic amines) is 1. The normalized spacial score (nSPS) is 19.6. The number of anilines is 1. The van der Waals surface area contributed by atoms with Crippen LogP contribution in [0.3, 0.4) is 0 Å². The monoisotopic (exact) mass is 465 g/mol. The fraction of sp³-hybridized carbons (Fsp3) is 0.462. The van der Waals surface area contributed by atoms with Gasteiger partial charge in [0.25, 0.3) is 0 Å². The van der Waals surface area contributed by atoms with Gasteiger partial charge >= 0.3 is 0 Å². The first kappa shape index (κ1) is 21.6. The van der Waals surface area contributed by atoms with Gasteiger partial charge in [0.15, 0.2) is 5.58 Å². The largest absolute Gasteiger partial charge is 0.491 e. The van der Waals surface area contributed by atoms with E-state index in [2.05, 4.69) is 10.1 Å². The Morgan fingerprint density at radius 1 is 1.12 bits per heavy atom. The van der Waals surface area contributed by atoms with E-state index in [1.54, 1.807) is 6.07 Å². The molecule has 1 atom stereocenters. The van der Waals surface area contributed by atoms with E-state index in [0.717, 1.165) is 67.8 Å². The maximum atomic E-state index is 13.4. The van der Waals surface area contributed by atoms with Crippen molar-refractivity contribution in [3.8, 4) is 5.75 Å². The lowest BCUT2D eigenvalue weighted by Gasteiger charge is -2.32. The summed E-state index contributed by atoms with van der Waals surface area (Å²) in [4.78, 5) is 16.3. The number of amides is 1. The molecule has 178 valence electrons. The number of benzene rings is 2. The number of aryl methyl sites for hydroxylation is 1. The van der Waals surface area contributed by atoms with Gasteiger partial charge in [0.1, 0.15) is 24.3 Å². The molecule has 8 heteroatoms. The third kappa shape index (κ3) is 3.95. The Balaban J connectivity index is 1.02. The summed E-state index contributed by atoms with van der Waals surface area (Å²) >= 11 is 0. The Bertz CT molecular complexity index is 1230. The summed E-state index contributed by atoms with van der Waals surface area (Å²) in [6, 6.07) is 8.61. The van der Waals surface area contributed by atoms with Gasteiger partial charge in [-0.05, 0) is 74.2 Å². The van der Waals surface area contributed by atoms with E-state index >= 15 is 0 Å². The smallest absolute Gasteiger partial charge is 0.227 e. The number of halogens is 1. The second-order valence-corrected chi connectivity index (χ2v) is 9.63. The maximum absolute atomic E-state index is 13.4. The van der Waals surface area contributed by atoms with Crippen LogP contribution in [0.5, 0.6) is 5.75 Å². The minimum absolute atomic E-state index is 0.213. The summed E-state index contributed by atoms with van der Waals surface area (Å²) in [6.07, 6.45) is 3.40.